The summed E-state index contributed by atoms with van der Waals surface area (Å²) in [6, 6.07) is 3.67. The Labute approximate surface area is 150 Å². The molecule has 0 saturated carbocycles. The minimum absolute atomic E-state index is 0.139. The number of carbonyl (C=O) groups is 1. The zero-order valence-corrected chi connectivity index (χ0v) is 14.2. The fourth-order valence-electron chi connectivity index (χ4n) is 2.83. The van der Waals surface area contributed by atoms with Gasteiger partial charge in [-0.15, -0.1) is 0 Å². The van der Waals surface area contributed by atoms with E-state index >= 15 is 0 Å². The quantitative estimate of drug-likeness (QED) is 0.625. The number of aromatic carboxylic acids is 1. The summed E-state index contributed by atoms with van der Waals surface area (Å²) in [5.41, 5.74) is 0.638. The number of carboxylic acids is 1. The highest BCUT2D eigenvalue weighted by molar-refractivity contribution is 5.88. The Morgan fingerprint density at radius 2 is 1.92 bits per heavy atom. The molecule has 1 saturated heterocycles. The molecule has 0 aromatic heterocycles. The average Bonchev–Trinajstić information content (AvgIpc) is 2.61. The van der Waals surface area contributed by atoms with Crippen molar-refractivity contribution < 1.29 is 18.7 Å². The molecule has 0 spiro atoms. The van der Waals surface area contributed by atoms with E-state index in [0.717, 1.165) is 6.07 Å². The zero-order chi connectivity index (χ0) is 19.3. The molecular formula is C19H19F2N3O2. The van der Waals surface area contributed by atoms with E-state index in [4.69, 9.17) is 10.4 Å². The molecule has 1 aliphatic heterocycles. The van der Waals surface area contributed by atoms with E-state index in [-0.39, 0.29) is 12.1 Å². The third-order valence-electron chi connectivity index (χ3n) is 4.19. The molecule has 26 heavy (non-hydrogen) atoms. The summed E-state index contributed by atoms with van der Waals surface area (Å²) in [6.07, 6.45) is 3.31. The summed E-state index contributed by atoms with van der Waals surface area (Å²) in [6.45, 7) is 9.88. The number of piperazine rings is 1. The minimum atomic E-state index is -1.43. The lowest BCUT2D eigenvalue weighted by Crippen LogP contribution is -2.45. The van der Waals surface area contributed by atoms with Crippen LogP contribution in [0.15, 0.2) is 48.7 Å². The van der Waals surface area contributed by atoms with E-state index in [9.17, 15) is 13.6 Å². The van der Waals surface area contributed by atoms with Crippen LogP contribution in [0.3, 0.4) is 0 Å². The molecule has 5 nitrogen and oxygen atoms in total. The number of benzene rings is 1. The Morgan fingerprint density at radius 1 is 1.27 bits per heavy atom. The standard InChI is InChI=1S/C19H19F2N3O2/c1-3-4-18(13(2)11-22)24-7-5-23(6-8-24)12-14-9-15(19(25)26)17(21)10-16(14)20/h3-4,9-10H,1-2,5-8,12H2,(H,25,26)/b18-4+. The van der Waals surface area contributed by atoms with E-state index in [1.165, 1.54) is 0 Å². The third kappa shape index (κ3) is 4.35. The fourth-order valence-corrected chi connectivity index (χ4v) is 2.83. The molecule has 1 N–H and O–H groups in total. The molecule has 0 unspecified atom stereocenters. The molecule has 2 rings (SSSR count). The van der Waals surface area contributed by atoms with Crippen molar-refractivity contribution in [1.29, 1.82) is 5.26 Å². The molecule has 0 amide bonds. The van der Waals surface area contributed by atoms with Crippen molar-refractivity contribution in [3.8, 4) is 6.07 Å². The summed E-state index contributed by atoms with van der Waals surface area (Å²) >= 11 is 0. The lowest BCUT2D eigenvalue weighted by atomic mass is 10.1. The number of halogens is 2. The van der Waals surface area contributed by atoms with Gasteiger partial charge in [-0.05, 0) is 12.1 Å². The van der Waals surface area contributed by atoms with Gasteiger partial charge in [-0.1, -0.05) is 19.2 Å². The SMILES string of the molecule is C=C/C=C(\C(=C)C#N)N1CCN(Cc2cc(C(=O)O)c(F)cc2F)CC1. The van der Waals surface area contributed by atoms with Crippen molar-refractivity contribution in [2.24, 2.45) is 0 Å². The highest BCUT2D eigenvalue weighted by Gasteiger charge is 2.22. The number of hydrogen-bond acceptors (Lipinski definition) is 4. The van der Waals surface area contributed by atoms with Crippen molar-refractivity contribution in [1.82, 2.24) is 9.80 Å². The average molecular weight is 359 g/mol. The van der Waals surface area contributed by atoms with Crippen LogP contribution < -0.4 is 0 Å². The highest BCUT2D eigenvalue weighted by Crippen LogP contribution is 2.20. The molecule has 0 bridgehead atoms. The smallest absolute Gasteiger partial charge is 0.338 e. The second-order valence-electron chi connectivity index (χ2n) is 5.87. The summed E-state index contributed by atoms with van der Waals surface area (Å²) in [5, 5.41) is 18.0. The maximum atomic E-state index is 14.0. The molecule has 0 atom stereocenters. The first-order chi connectivity index (χ1) is 12.4. The Bertz CT molecular complexity index is 804. The molecule has 7 heteroatoms. The summed E-state index contributed by atoms with van der Waals surface area (Å²) in [5.74, 6) is -3.28. The van der Waals surface area contributed by atoms with Crippen LogP contribution in [-0.4, -0.2) is 47.1 Å². The van der Waals surface area contributed by atoms with Gasteiger partial charge >= 0.3 is 5.97 Å². The predicted octanol–water partition coefficient (Wildman–Crippen LogP) is 2.93. The van der Waals surface area contributed by atoms with Crippen LogP contribution in [0.25, 0.3) is 0 Å². The van der Waals surface area contributed by atoms with Gasteiger partial charge in [0.2, 0.25) is 0 Å². The van der Waals surface area contributed by atoms with Crippen molar-refractivity contribution in [2.45, 2.75) is 6.54 Å². The maximum absolute atomic E-state index is 14.0. The lowest BCUT2D eigenvalue weighted by molar-refractivity contribution is 0.0691. The first-order valence-electron chi connectivity index (χ1n) is 7.98. The monoisotopic (exact) mass is 359 g/mol. The van der Waals surface area contributed by atoms with Crippen molar-refractivity contribution in [3.05, 3.63) is 71.5 Å². The Hall–Kier alpha value is -2.98. The third-order valence-corrected chi connectivity index (χ3v) is 4.19. The molecule has 1 heterocycles. The van der Waals surface area contributed by atoms with E-state index in [2.05, 4.69) is 13.2 Å². The first-order valence-corrected chi connectivity index (χ1v) is 7.98. The highest BCUT2D eigenvalue weighted by atomic mass is 19.1. The Kier molecular flexibility index (Phi) is 6.26. The summed E-state index contributed by atoms with van der Waals surface area (Å²) < 4.78 is 27.5. The Balaban J connectivity index is 2.08. The van der Waals surface area contributed by atoms with Crippen molar-refractivity contribution in [3.63, 3.8) is 0 Å². The van der Waals surface area contributed by atoms with E-state index in [0.29, 0.717) is 43.5 Å². The minimum Gasteiger partial charge on any atom is -0.478 e. The molecule has 0 aliphatic carbocycles. The van der Waals surface area contributed by atoms with E-state index in [1.807, 2.05) is 15.9 Å². The number of allylic oxidation sites excluding steroid dienone is 3. The first kappa shape index (κ1) is 19.3. The second-order valence-corrected chi connectivity index (χ2v) is 5.87. The Morgan fingerprint density at radius 3 is 2.46 bits per heavy atom. The lowest BCUT2D eigenvalue weighted by Gasteiger charge is -2.37. The van der Waals surface area contributed by atoms with Crippen LogP contribution in [0.1, 0.15) is 15.9 Å². The van der Waals surface area contributed by atoms with Crippen LogP contribution in [0.2, 0.25) is 0 Å². The number of carboxylic acid groups (broad SMARTS) is 1. The van der Waals surface area contributed by atoms with Gasteiger partial charge in [0.15, 0.2) is 0 Å². The van der Waals surface area contributed by atoms with Gasteiger partial charge in [0.1, 0.15) is 17.7 Å². The normalized spacial score (nSPS) is 15.4. The largest absolute Gasteiger partial charge is 0.478 e. The summed E-state index contributed by atoms with van der Waals surface area (Å²) in [4.78, 5) is 15.0. The van der Waals surface area contributed by atoms with Gasteiger partial charge < -0.3 is 10.0 Å². The number of nitriles is 1. The molecule has 136 valence electrons. The topological polar surface area (TPSA) is 67.6 Å². The second kappa shape index (κ2) is 8.41. The molecule has 1 aromatic rings. The number of rotatable bonds is 6. The van der Waals surface area contributed by atoms with E-state index in [1.54, 1.807) is 12.2 Å². The molecular weight excluding hydrogens is 340 g/mol. The molecule has 0 radical (unpaired) electrons. The van der Waals surface area contributed by atoms with Crippen LogP contribution >= 0.6 is 0 Å². The van der Waals surface area contributed by atoms with Gasteiger partial charge in [-0.25, -0.2) is 13.6 Å². The summed E-state index contributed by atoms with van der Waals surface area (Å²) in [7, 11) is 0. The molecule has 1 aromatic carbocycles. The molecule has 1 aliphatic rings. The van der Waals surface area contributed by atoms with Gasteiger partial charge in [-0.2, -0.15) is 5.26 Å². The van der Waals surface area contributed by atoms with Crippen LogP contribution in [0.4, 0.5) is 8.78 Å². The number of hydrogen-bond donors (Lipinski definition) is 1. The van der Waals surface area contributed by atoms with Crippen LogP contribution in [-0.2, 0) is 6.54 Å². The van der Waals surface area contributed by atoms with Crippen LogP contribution in [0, 0.1) is 23.0 Å². The van der Waals surface area contributed by atoms with Crippen LogP contribution in [0.5, 0.6) is 0 Å². The van der Waals surface area contributed by atoms with Crippen molar-refractivity contribution >= 4 is 5.97 Å². The predicted molar refractivity (Wildman–Crippen MR) is 93.2 cm³/mol. The molecule has 1 fully saturated rings. The van der Waals surface area contributed by atoms with Gasteiger partial charge in [0, 0.05) is 44.4 Å². The fraction of sp³-hybridized carbons (Fsp3) is 0.263. The zero-order valence-electron chi connectivity index (χ0n) is 14.2. The van der Waals surface area contributed by atoms with Gasteiger partial charge in [-0.3, -0.25) is 4.90 Å². The van der Waals surface area contributed by atoms with Gasteiger partial charge in [0.05, 0.1) is 16.8 Å². The van der Waals surface area contributed by atoms with E-state index < -0.39 is 23.2 Å². The van der Waals surface area contributed by atoms with Crippen molar-refractivity contribution in [2.75, 3.05) is 26.2 Å². The maximum Gasteiger partial charge on any atom is 0.338 e. The van der Waals surface area contributed by atoms with Gasteiger partial charge in [0.25, 0.3) is 0 Å². The number of nitrogens with zero attached hydrogens (tertiary/aromatic N) is 3.